The maximum atomic E-state index is 10.8. The van der Waals surface area contributed by atoms with E-state index in [2.05, 4.69) is 16.8 Å². The van der Waals surface area contributed by atoms with Gasteiger partial charge < -0.3 is 11.1 Å². The number of amides is 1. The minimum absolute atomic E-state index is 0.298. The molecule has 5 heteroatoms. The van der Waals surface area contributed by atoms with Crippen molar-refractivity contribution in [1.29, 1.82) is 0 Å². The van der Waals surface area contributed by atoms with Gasteiger partial charge in [0, 0.05) is 22.0 Å². The van der Waals surface area contributed by atoms with E-state index in [1.807, 2.05) is 30.3 Å². The lowest BCUT2D eigenvalue weighted by Crippen LogP contribution is -2.13. The molecule has 0 aliphatic rings. The summed E-state index contributed by atoms with van der Waals surface area (Å²) < 4.78 is 0. The smallest absolute Gasteiger partial charge is 0.227 e. The van der Waals surface area contributed by atoms with Crippen LogP contribution in [0.1, 0.15) is 4.88 Å². The van der Waals surface area contributed by atoms with Crippen molar-refractivity contribution in [1.82, 2.24) is 0 Å². The van der Waals surface area contributed by atoms with Gasteiger partial charge in [-0.1, -0.05) is 18.2 Å². The largest absolute Gasteiger partial charge is 0.379 e. The van der Waals surface area contributed by atoms with Gasteiger partial charge in [-0.15, -0.1) is 23.1 Å². The second-order valence-corrected chi connectivity index (χ2v) is 5.73. The second-order valence-electron chi connectivity index (χ2n) is 3.68. The molecule has 94 valence electrons. The average Bonchev–Trinajstić information content (AvgIpc) is 2.88. The Morgan fingerprint density at radius 1 is 1.28 bits per heavy atom. The van der Waals surface area contributed by atoms with E-state index in [-0.39, 0.29) is 5.91 Å². The van der Waals surface area contributed by atoms with Crippen LogP contribution >= 0.6 is 23.1 Å². The van der Waals surface area contributed by atoms with E-state index in [1.54, 1.807) is 11.3 Å². The lowest BCUT2D eigenvalue weighted by molar-refractivity contribution is -0.115. The monoisotopic (exact) mass is 278 g/mol. The number of primary amides is 1. The van der Waals surface area contributed by atoms with Crippen LogP contribution in [0.15, 0.2) is 46.7 Å². The maximum absolute atomic E-state index is 10.8. The highest BCUT2D eigenvalue weighted by molar-refractivity contribution is 8.00. The number of nitrogens with two attached hydrogens (primary N) is 1. The Labute approximate surface area is 114 Å². The van der Waals surface area contributed by atoms with Gasteiger partial charge in [-0.3, -0.25) is 4.79 Å². The van der Waals surface area contributed by atoms with E-state index in [9.17, 15) is 4.79 Å². The second kappa shape index (κ2) is 6.47. The van der Waals surface area contributed by atoms with E-state index < -0.39 is 0 Å². The Morgan fingerprint density at radius 2 is 2.11 bits per heavy atom. The highest BCUT2D eigenvalue weighted by Crippen LogP contribution is 2.27. The molecule has 0 fully saturated rings. The number of thiophene rings is 1. The van der Waals surface area contributed by atoms with Crippen LogP contribution in [-0.2, 0) is 11.3 Å². The van der Waals surface area contributed by atoms with Crippen LogP contribution in [0.25, 0.3) is 0 Å². The fourth-order valence-corrected chi connectivity index (χ4v) is 2.90. The molecule has 0 spiro atoms. The summed E-state index contributed by atoms with van der Waals surface area (Å²) >= 11 is 3.18. The van der Waals surface area contributed by atoms with Gasteiger partial charge >= 0.3 is 0 Å². The Kier molecular flexibility index (Phi) is 4.66. The van der Waals surface area contributed by atoms with E-state index >= 15 is 0 Å². The number of benzene rings is 1. The predicted octanol–water partition coefficient (Wildman–Crippen LogP) is 2.94. The molecular formula is C13H14N2OS2. The third-order valence-corrected chi connectivity index (χ3v) is 4.26. The molecule has 0 atom stereocenters. The van der Waals surface area contributed by atoms with Gasteiger partial charge in [0.15, 0.2) is 0 Å². The number of para-hydroxylation sites is 1. The highest BCUT2D eigenvalue weighted by atomic mass is 32.2. The predicted molar refractivity (Wildman–Crippen MR) is 78.0 cm³/mol. The third kappa shape index (κ3) is 3.78. The van der Waals surface area contributed by atoms with E-state index in [1.165, 1.54) is 16.6 Å². The Balaban J connectivity index is 2.00. The van der Waals surface area contributed by atoms with Crippen LogP contribution < -0.4 is 11.1 Å². The summed E-state index contributed by atoms with van der Waals surface area (Å²) in [5.74, 6) is 0.00518. The molecule has 2 aromatic rings. The number of carbonyl (C=O) groups excluding carboxylic acids is 1. The van der Waals surface area contributed by atoms with Crippen molar-refractivity contribution in [3.8, 4) is 0 Å². The minimum Gasteiger partial charge on any atom is -0.379 e. The Bertz CT molecular complexity index is 511. The molecule has 0 bridgehead atoms. The molecule has 1 aromatic heterocycles. The summed E-state index contributed by atoms with van der Waals surface area (Å²) in [7, 11) is 0. The molecule has 1 amide bonds. The van der Waals surface area contributed by atoms with E-state index in [4.69, 9.17) is 5.73 Å². The molecule has 0 aliphatic carbocycles. The van der Waals surface area contributed by atoms with Crippen molar-refractivity contribution >= 4 is 34.7 Å². The van der Waals surface area contributed by atoms with Crippen molar-refractivity contribution < 1.29 is 4.79 Å². The van der Waals surface area contributed by atoms with Crippen molar-refractivity contribution in [3.63, 3.8) is 0 Å². The lowest BCUT2D eigenvalue weighted by atomic mass is 10.3. The summed E-state index contributed by atoms with van der Waals surface area (Å²) in [4.78, 5) is 13.1. The molecule has 1 heterocycles. The fourth-order valence-electron chi connectivity index (χ4n) is 1.48. The molecule has 0 saturated carbocycles. The van der Waals surface area contributed by atoms with Crippen LogP contribution in [0, 0.1) is 0 Å². The fraction of sp³-hybridized carbons (Fsp3) is 0.154. The zero-order valence-corrected chi connectivity index (χ0v) is 11.4. The summed E-state index contributed by atoms with van der Waals surface area (Å²) in [6, 6.07) is 12.1. The topological polar surface area (TPSA) is 55.1 Å². The first-order valence-electron chi connectivity index (χ1n) is 5.52. The molecule has 2 rings (SSSR count). The summed E-state index contributed by atoms with van der Waals surface area (Å²) in [6.07, 6.45) is 0. The van der Waals surface area contributed by atoms with Gasteiger partial charge in [0.05, 0.1) is 5.75 Å². The number of anilines is 1. The normalized spacial score (nSPS) is 10.2. The van der Waals surface area contributed by atoms with Crippen molar-refractivity contribution in [2.75, 3.05) is 11.1 Å². The SMILES string of the molecule is NC(=O)CSc1ccccc1NCc1cccs1. The zero-order chi connectivity index (χ0) is 12.8. The standard InChI is InChI=1S/C13H14N2OS2/c14-13(16)9-18-12-6-2-1-5-11(12)15-8-10-4-3-7-17-10/h1-7,15H,8-9H2,(H2,14,16). The first-order chi connectivity index (χ1) is 8.75. The zero-order valence-electron chi connectivity index (χ0n) is 9.76. The number of rotatable bonds is 6. The van der Waals surface area contributed by atoms with Crippen LogP contribution in [0.5, 0.6) is 0 Å². The van der Waals surface area contributed by atoms with Crippen LogP contribution in [0.3, 0.4) is 0 Å². The van der Waals surface area contributed by atoms with Gasteiger partial charge in [0.2, 0.25) is 5.91 Å². The van der Waals surface area contributed by atoms with E-state index in [0.717, 1.165) is 17.1 Å². The van der Waals surface area contributed by atoms with Crippen molar-refractivity contribution in [2.45, 2.75) is 11.4 Å². The third-order valence-electron chi connectivity index (χ3n) is 2.29. The summed E-state index contributed by atoms with van der Waals surface area (Å²) in [5, 5.41) is 5.44. The molecule has 1 aromatic carbocycles. The molecular weight excluding hydrogens is 264 g/mol. The summed E-state index contributed by atoms with van der Waals surface area (Å²) in [5.41, 5.74) is 6.20. The number of nitrogens with one attached hydrogen (secondary N) is 1. The molecule has 3 nitrogen and oxygen atoms in total. The Hall–Kier alpha value is -1.46. The average molecular weight is 278 g/mol. The van der Waals surface area contributed by atoms with Crippen molar-refractivity contribution in [2.24, 2.45) is 5.73 Å². The number of carbonyl (C=O) groups is 1. The van der Waals surface area contributed by atoms with Crippen LogP contribution in [0.2, 0.25) is 0 Å². The Morgan fingerprint density at radius 3 is 2.83 bits per heavy atom. The number of hydrogen-bond donors (Lipinski definition) is 2. The molecule has 0 unspecified atom stereocenters. The summed E-state index contributed by atoms with van der Waals surface area (Å²) in [6.45, 7) is 0.797. The molecule has 3 N–H and O–H groups in total. The first-order valence-corrected chi connectivity index (χ1v) is 7.38. The highest BCUT2D eigenvalue weighted by Gasteiger charge is 2.04. The van der Waals surface area contributed by atoms with Crippen molar-refractivity contribution in [3.05, 3.63) is 46.7 Å². The van der Waals surface area contributed by atoms with Gasteiger partial charge in [-0.25, -0.2) is 0 Å². The van der Waals surface area contributed by atoms with E-state index in [0.29, 0.717) is 5.75 Å². The minimum atomic E-state index is -0.298. The van der Waals surface area contributed by atoms with Gasteiger partial charge in [0.1, 0.15) is 0 Å². The number of thioether (sulfide) groups is 1. The maximum Gasteiger partial charge on any atom is 0.227 e. The lowest BCUT2D eigenvalue weighted by Gasteiger charge is -2.10. The molecule has 18 heavy (non-hydrogen) atoms. The van der Waals surface area contributed by atoms with Gasteiger partial charge in [0.25, 0.3) is 0 Å². The number of hydrogen-bond acceptors (Lipinski definition) is 4. The van der Waals surface area contributed by atoms with Crippen LogP contribution in [-0.4, -0.2) is 11.7 Å². The molecule has 0 aliphatic heterocycles. The van der Waals surface area contributed by atoms with Gasteiger partial charge in [-0.05, 0) is 23.6 Å². The molecule has 0 saturated heterocycles. The first kappa shape index (κ1) is 13.0. The molecule has 0 radical (unpaired) electrons. The van der Waals surface area contributed by atoms with Crippen LogP contribution in [0.4, 0.5) is 5.69 Å². The quantitative estimate of drug-likeness (QED) is 0.799. The van der Waals surface area contributed by atoms with Gasteiger partial charge in [-0.2, -0.15) is 0 Å².